The fraction of sp³-hybridized carbons (Fsp3) is 0.0526. The average molecular weight is 335 g/mol. The van der Waals surface area contributed by atoms with Crippen molar-refractivity contribution in [2.24, 2.45) is 0 Å². The van der Waals surface area contributed by atoms with E-state index < -0.39 is 23.3 Å². The van der Waals surface area contributed by atoms with Crippen LogP contribution in [0.5, 0.6) is 17.5 Å². The molecule has 0 radical (unpaired) electrons. The van der Waals surface area contributed by atoms with Gasteiger partial charge in [0.05, 0.1) is 23.9 Å². The molecule has 0 spiro atoms. The zero-order chi connectivity index (χ0) is 17.7. The number of hydrogen-bond acceptors (Lipinski definition) is 5. The van der Waals surface area contributed by atoms with E-state index in [0.29, 0.717) is 11.4 Å². The van der Waals surface area contributed by atoms with E-state index in [0.717, 1.165) is 4.57 Å². The first-order chi connectivity index (χ1) is 12.0. The second-order valence-electron chi connectivity index (χ2n) is 5.64. The molecule has 124 valence electrons. The Labute approximate surface area is 142 Å². The smallest absolute Gasteiger partial charge is 0.210 e. The number of ether oxygens (including phenoxy) is 1. The molecule has 0 bridgehead atoms. The molecule has 6 nitrogen and oxygen atoms in total. The van der Waals surface area contributed by atoms with Gasteiger partial charge in [0.15, 0.2) is 11.6 Å². The summed E-state index contributed by atoms with van der Waals surface area (Å²) in [5, 5.41) is 21.1. The fourth-order valence-electron chi connectivity index (χ4n) is 3.10. The lowest BCUT2D eigenvalue weighted by atomic mass is 9.86. The number of aromatic hydroxyl groups is 2. The Bertz CT molecular complexity index is 1030. The standard InChI is InChI=1S/C19H13NO5/c1-25-11-7-8-12-13(9-11)17(22)15-14(16(12)21)18(23)20(19(15)24)10-5-3-2-4-6-10/h2-9,23-24H,1H3. The van der Waals surface area contributed by atoms with Gasteiger partial charge in [-0.15, -0.1) is 0 Å². The van der Waals surface area contributed by atoms with E-state index in [-0.39, 0.29) is 22.3 Å². The molecule has 0 amide bonds. The van der Waals surface area contributed by atoms with E-state index in [2.05, 4.69) is 0 Å². The van der Waals surface area contributed by atoms with Crippen molar-refractivity contribution in [2.45, 2.75) is 0 Å². The topological polar surface area (TPSA) is 88.8 Å². The van der Waals surface area contributed by atoms with Crippen LogP contribution in [0, 0.1) is 0 Å². The van der Waals surface area contributed by atoms with Gasteiger partial charge < -0.3 is 14.9 Å². The van der Waals surface area contributed by atoms with Crippen molar-refractivity contribution in [1.82, 2.24) is 4.57 Å². The molecule has 0 saturated heterocycles. The third kappa shape index (κ3) is 1.97. The summed E-state index contributed by atoms with van der Waals surface area (Å²) >= 11 is 0. The third-order valence-corrected chi connectivity index (χ3v) is 4.31. The van der Waals surface area contributed by atoms with Crippen molar-refractivity contribution in [2.75, 3.05) is 7.11 Å². The lowest BCUT2D eigenvalue weighted by Crippen LogP contribution is -2.19. The first kappa shape index (κ1) is 15.0. The predicted octanol–water partition coefficient (Wildman–Crippen LogP) is 2.67. The molecule has 0 fully saturated rings. The SMILES string of the molecule is COc1ccc2c(c1)C(=O)c1c(c(O)n(-c3ccccc3)c1O)C2=O. The average Bonchev–Trinajstić information content (AvgIpc) is 2.91. The minimum Gasteiger partial charge on any atom is -0.497 e. The van der Waals surface area contributed by atoms with Crippen molar-refractivity contribution in [3.63, 3.8) is 0 Å². The molecular formula is C19H13NO5. The Morgan fingerprint density at radius 1 is 0.840 bits per heavy atom. The maximum atomic E-state index is 12.8. The van der Waals surface area contributed by atoms with E-state index in [1.807, 2.05) is 0 Å². The number of carbonyl (C=O) groups is 2. The van der Waals surface area contributed by atoms with Gasteiger partial charge >= 0.3 is 0 Å². The number of fused-ring (bicyclic) bond motifs is 2. The minimum atomic E-state index is -0.536. The lowest BCUT2D eigenvalue weighted by molar-refractivity contribution is 0.0976. The molecule has 2 aromatic carbocycles. The number of benzene rings is 2. The summed E-state index contributed by atoms with van der Waals surface area (Å²) in [6.07, 6.45) is 0. The normalized spacial score (nSPS) is 12.7. The van der Waals surface area contributed by atoms with Gasteiger partial charge in [-0.3, -0.25) is 14.2 Å². The molecule has 4 rings (SSSR count). The van der Waals surface area contributed by atoms with Crippen LogP contribution in [0.15, 0.2) is 48.5 Å². The molecule has 0 aliphatic heterocycles. The van der Waals surface area contributed by atoms with Crippen LogP contribution in [0.25, 0.3) is 5.69 Å². The Morgan fingerprint density at radius 2 is 1.44 bits per heavy atom. The van der Waals surface area contributed by atoms with E-state index >= 15 is 0 Å². The van der Waals surface area contributed by atoms with Crippen LogP contribution in [-0.2, 0) is 0 Å². The maximum absolute atomic E-state index is 12.8. The number of para-hydroxylation sites is 1. The van der Waals surface area contributed by atoms with E-state index in [9.17, 15) is 19.8 Å². The van der Waals surface area contributed by atoms with Crippen molar-refractivity contribution in [3.8, 4) is 23.2 Å². The van der Waals surface area contributed by atoms with Gasteiger partial charge in [-0.2, -0.15) is 0 Å². The summed E-state index contributed by atoms with van der Waals surface area (Å²) < 4.78 is 6.19. The zero-order valence-electron chi connectivity index (χ0n) is 13.2. The molecular weight excluding hydrogens is 322 g/mol. The van der Waals surface area contributed by atoms with Gasteiger partial charge in [-0.25, -0.2) is 0 Å². The predicted molar refractivity (Wildman–Crippen MR) is 89.0 cm³/mol. The molecule has 0 atom stereocenters. The number of ketones is 2. The quantitative estimate of drug-likeness (QED) is 0.588. The summed E-state index contributed by atoms with van der Waals surface area (Å²) in [4.78, 5) is 25.6. The van der Waals surface area contributed by atoms with Crippen LogP contribution >= 0.6 is 0 Å². The number of nitrogens with zero attached hydrogens (tertiary/aromatic N) is 1. The monoisotopic (exact) mass is 335 g/mol. The summed E-state index contributed by atoms with van der Waals surface area (Å²) in [7, 11) is 1.46. The molecule has 25 heavy (non-hydrogen) atoms. The van der Waals surface area contributed by atoms with Gasteiger partial charge in [0.2, 0.25) is 11.8 Å². The highest BCUT2D eigenvalue weighted by atomic mass is 16.5. The van der Waals surface area contributed by atoms with Gasteiger partial charge in [0, 0.05) is 11.1 Å². The lowest BCUT2D eigenvalue weighted by Gasteiger charge is -2.15. The first-order valence-corrected chi connectivity index (χ1v) is 7.54. The summed E-state index contributed by atoms with van der Waals surface area (Å²) in [5.74, 6) is -1.56. The van der Waals surface area contributed by atoms with E-state index in [1.54, 1.807) is 36.4 Å². The molecule has 0 saturated carbocycles. The molecule has 1 aromatic heterocycles. The van der Waals surface area contributed by atoms with Crippen LogP contribution in [0.4, 0.5) is 0 Å². The third-order valence-electron chi connectivity index (χ3n) is 4.31. The van der Waals surface area contributed by atoms with E-state index in [1.165, 1.54) is 19.2 Å². The number of carbonyl (C=O) groups excluding carboxylic acids is 2. The van der Waals surface area contributed by atoms with Crippen molar-refractivity contribution in [3.05, 3.63) is 70.8 Å². The Kier molecular flexibility index (Phi) is 3.15. The zero-order valence-corrected chi connectivity index (χ0v) is 13.2. The van der Waals surface area contributed by atoms with Crippen LogP contribution in [0.2, 0.25) is 0 Å². The molecule has 1 aliphatic rings. The van der Waals surface area contributed by atoms with Crippen molar-refractivity contribution >= 4 is 11.6 Å². The number of rotatable bonds is 2. The minimum absolute atomic E-state index is 0.136. The fourth-order valence-corrected chi connectivity index (χ4v) is 3.10. The number of aromatic nitrogens is 1. The number of hydrogen-bond donors (Lipinski definition) is 2. The van der Waals surface area contributed by atoms with Gasteiger partial charge in [0.1, 0.15) is 5.75 Å². The molecule has 0 unspecified atom stereocenters. The second-order valence-corrected chi connectivity index (χ2v) is 5.64. The molecule has 1 heterocycles. The van der Waals surface area contributed by atoms with Crippen molar-refractivity contribution in [1.29, 1.82) is 0 Å². The van der Waals surface area contributed by atoms with Crippen LogP contribution in [0.1, 0.15) is 31.8 Å². The largest absolute Gasteiger partial charge is 0.497 e. The van der Waals surface area contributed by atoms with Gasteiger partial charge in [-0.1, -0.05) is 18.2 Å². The highest BCUT2D eigenvalue weighted by Gasteiger charge is 2.39. The molecule has 1 aliphatic carbocycles. The van der Waals surface area contributed by atoms with Gasteiger partial charge in [0.25, 0.3) is 0 Å². The molecule has 6 heteroatoms. The summed E-state index contributed by atoms with van der Waals surface area (Å²) in [5.41, 5.74) is 0.349. The highest BCUT2D eigenvalue weighted by Crippen LogP contribution is 2.42. The van der Waals surface area contributed by atoms with Crippen LogP contribution in [0.3, 0.4) is 0 Å². The van der Waals surface area contributed by atoms with Crippen molar-refractivity contribution < 1.29 is 24.5 Å². The second kappa shape index (κ2) is 5.24. The highest BCUT2D eigenvalue weighted by molar-refractivity contribution is 6.30. The maximum Gasteiger partial charge on any atom is 0.210 e. The first-order valence-electron chi connectivity index (χ1n) is 7.54. The molecule has 3 aromatic rings. The Hall–Kier alpha value is -3.54. The van der Waals surface area contributed by atoms with Crippen LogP contribution < -0.4 is 4.74 Å². The van der Waals surface area contributed by atoms with E-state index in [4.69, 9.17) is 4.74 Å². The summed E-state index contributed by atoms with van der Waals surface area (Å²) in [6.45, 7) is 0. The number of methoxy groups -OCH3 is 1. The van der Waals surface area contributed by atoms with Gasteiger partial charge in [-0.05, 0) is 30.3 Å². The molecule has 2 N–H and O–H groups in total. The summed E-state index contributed by atoms with van der Waals surface area (Å²) in [6, 6.07) is 13.0. The van der Waals surface area contributed by atoms with Crippen LogP contribution in [-0.4, -0.2) is 33.5 Å². The Morgan fingerprint density at radius 3 is 2.04 bits per heavy atom. The Balaban J connectivity index is 2.00.